The van der Waals surface area contributed by atoms with Crippen molar-refractivity contribution < 1.29 is 4.39 Å². The van der Waals surface area contributed by atoms with Crippen LogP contribution in [0.3, 0.4) is 0 Å². The highest BCUT2D eigenvalue weighted by molar-refractivity contribution is 5.52. The molecule has 1 heterocycles. The maximum atomic E-state index is 12.3. The fraction of sp³-hybridized carbons (Fsp3) is 0.500. The summed E-state index contributed by atoms with van der Waals surface area (Å²) in [5, 5.41) is 3.28. The van der Waals surface area contributed by atoms with Crippen LogP contribution in [0.4, 0.5) is 4.39 Å². The van der Waals surface area contributed by atoms with Crippen LogP contribution in [0.25, 0.3) is 0 Å². The van der Waals surface area contributed by atoms with Crippen LogP contribution >= 0.6 is 0 Å². The predicted molar refractivity (Wildman–Crippen MR) is 58.8 cm³/mol. The Morgan fingerprint density at radius 3 is 2.00 bits per heavy atom. The highest BCUT2D eigenvalue weighted by Gasteiger charge is 2.21. The first kappa shape index (κ1) is 11.2. The summed E-state index contributed by atoms with van der Waals surface area (Å²) in [4.78, 5) is 0. The van der Waals surface area contributed by atoms with Gasteiger partial charge in [-0.3, -0.25) is 0 Å². The number of piperidine rings is 1. The maximum Gasteiger partial charge on any atom is 0.126 e. The van der Waals surface area contributed by atoms with Gasteiger partial charge < -0.3 is 5.32 Å². The molecule has 1 N–H and O–H groups in total. The normalized spacial score (nSPS) is 23.4. The van der Waals surface area contributed by atoms with E-state index in [0.717, 1.165) is 17.6 Å². The van der Waals surface area contributed by atoms with Crippen LogP contribution in [0.2, 0.25) is 0 Å². The molecule has 2 rings (SSSR count). The van der Waals surface area contributed by atoms with E-state index in [1.807, 2.05) is 0 Å². The summed E-state index contributed by atoms with van der Waals surface area (Å²) in [6.45, 7) is 9.35. The molecule has 0 aromatic rings. The van der Waals surface area contributed by atoms with Crippen LogP contribution in [0, 0.1) is 0 Å². The van der Waals surface area contributed by atoms with Gasteiger partial charge in [0.25, 0.3) is 0 Å². The fourth-order valence-corrected chi connectivity index (χ4v) is 1.35. The summed E-state index contributed by atoms with van der Waals surface area (Å²) in [5.74, 6) is -0.213. The molecule has 2 heteroatoms. The van der Waals surface area contributed by atoms with E-state index >= 15 is 0 Å². The summed E-state index contributed by atoms with van der Waals surface area (Å²) >= 11 is 0. The largest absolute Gasteiger partial charge is 0.317 e. The van der Waals surface area contributed by atoms with Gasteiger partial charge in [-0.1, -0.05) is 19.6 Å². The molecule has 0 unspecified atom stereocenters. The zero-order valence-electron chi connectivity index (χ0n) is 8.61. The minimum atomic E-state index is -0.213. The van der Waals surface area contributed by atoms with Gasteiger partial charge in [-0.15, -0.1) is 0 Å². The summed E-state index contributed by atoms with van der Waals surface area (Å²) in [6.07, 6.45) is 6.17. The highest BCUT2D eigenvalue weighted by Crippen LogP contribution is 2.38. The molecule has 0 bridgehead atoms. The van der Waals surface area contributed by atoms with E-state index in [1.54, 1.807) is 0 Å². The van der Waals surface area contributed by atoms with Gasteiger partial charge in [0.1, 0.15) is 5.83 Å². The van der Waals surface area contributed by atoms with Crippen molar-refractivity contribution in [3.05, 3.63) is 36.2 Å². The van der Waals surface area contributed by atoms with Crippen molar-refractivity contribution in [2.75, 3.05) is 13.1 Å². The lowest BCUT2D eigenvalue weighted by Crippen LogP contribution is -2.21. The van der Waals surface area contributed by atoms with E-state index in [9.17, 15) is 4.39 Å². The molecular formula is C12H18FN. The van der Waals surface area contributed by atoms with Crippen LogP contribution < -0.4 is 5.32 Å². The molecule has 0 aromatic carbocycles. The number of nitrogens with one attached hydrogen (secondary N) is 1. The van der Waals surface area contributed by atoms with Crippen molar-refractivity contribution in [3.63, 3.8) is 0 Å². The molecule has 78 valence electrons. The van der Waals surface area contributed by atoms with E-state index in [-0.39, 0.29) is 5.83 Å². The minimum Gasteiger partial charge on any atom is -0.317 e. The van der Waals surface area contributed by atoms with Crippen LogP contribution in [0.1, 0.15) is 25.7 Å². The van der Waals surface area contributed by atoms with Crippen LogP contribution in [-0.2, 0) is 0 Å². The zero-order chi connectivity index (χ0) is 10.4. The van der Waals surface area contributed by atoms with Crippen molar-refractivity contribution in [2.24, 2.45) is 0 Å². The van der Waals surface area contributed by atoms with Gasteiger partial charge in [0.05, 0.1) is 0 Å². The first-order chi connectivity index (χ1) is 6.75. The van der Waals surface area contributed by atoms with E-state index in [1.165, 1.54) is 38.4 Å². The van der Waals surface area contributed by atoms with Crippen LogP contribution in [0.5, 0.6) is 0 Å². The summed E-state index contributed by atoms with van der Waals surface area (Å²) in [5.41, 5.74) is 1.64. The smallest absolute Gasteiger partial charge is 0.126 e. The molecule has 14 heavy (non-hydrogen) atoms. The quantitative estimate of drug-likeness (QED) is 0.678. The van der Waals surface area contributed by atoms with Crippen molar-refractivity contribution in [3.8, 4) is 0 Å². The van der Waals surface area contributed by atoms with Crippen molar-refractivity contribution in [1.29, 1.82) is 0 Å². The molecule has 0 amide bonds. The molecule has 2 aliphatic rings. The Balaban J connectivity index is 0.000000146. The third-order valence-corrected chi connectivity index (χ3v) is 2.37. The molecule has 1 aliphatic carbocycles. The van der Waals surface area contributed by atoms with Crippen molar-refractivity contribution in [1.82, 2.24) is 5.32 Å². The first-order valence-corrected chi connectivity index (χ1v) is 5.15. The summed E-state index contributed by atoms with van der Waals surface area (Å²) in [6, 6.07) is 0. The van der Waals surface area contributed by atoms with Gasteiger partial charge in [0.2, 0.25) is 0 Å². The van der Waals surface area contributed by atoms with Crippen molar-refractivity contribution in [2.45, 2.75) is 25.7 Å². The number of allylic oxidation sites excluding steroid dienone is 4. The maximum absolute atomic E-state index is 12.3. The third-order valence-electron chi connectivity index (χ3n) is 2.37. The number of hydrogen-bond donors (Lipinski definition) is 1. The molecular weight excluding hydrogens is 177 g/mol. The number of halogens is 1. The van der Waals surface area contributed by atoms with E-state index in [2.05, 4.69) is 18.5 Å². The van der Waals surface area contributed by atoms with E-state index in [4.69, 9.17) is 0 Å². The lowest BCUT2D eigenvalue weighted by atomic mass is 10.2. The Bertz CT molecular complexity index is 238. The Morgan fingerprint density at radius 2 is 1.86 bits per heavy atom. The summed E-state index contributed by atoms with van der Waals surface area (Å²) in [7, 11) is 0. The van der Waals surface area contributed by atoms with Crippen molar-refractivity contribution >= 4 is 0 Å². The second-order valence-electron chi connectivity index (χ2n) is 3.62. The lowest BCUT2D eigenvalue weighted by Gasteiger charge is -2.08. The molecule has 1 saturated carbocycles. The molecule has 1 saturated heterocycles. The van der Waals surface area contributed by atoms with Crippen LogP contribution in [0.15, 0.2) is 36.2 Å². The standard InChI is InChI=1S/C7H7F.C5H11N/c1-3-7(8)6-4-5(6)2;1-2-4-6-5-3-1/h3H,1-2,4H2;6H,1-5H2/b7-6+;. The average Bonchev–Trinajstić information content (AvgIpc) is 2.98. The monoisotopic (exact) mass is 195 g/mol. The Kier molecular flexibility index (Phi) is 4.60. The van der Waals surface area contributed by atoms with Gasteiger partial charge in [-0.2, -0.15) is 0 Å². The molecule has 0 aromatic heterocycles. The SMILES string of the molecule is C1CCNCC1.C=C/C(F)=C1/CC1=C. The number of hydrogen-bond acceptors (Lipinski definition) is 1. The molecule has 0 atom stereocenters. The predicted octanol–water partition coefficient (Wildman–Crippen LogP) is 3.12. The van der Waals surface area contributed by atoms with Gasteiger partial charge in [0, 0.05) is 6.42 Å². The van der Waals surface area contributed by atoms with E-state index in [0.29, 0.717) is 0 Å². The molecule has 1 nitrogen and oxygen atoms in total. The highest BCUT2D eigenvalue weighted by atomic mass is 19.1. The fourth-order valence-electron chi connectivity index (χ4n) is 1.35. The van der Waals surface area contributed by atoms with Gasteiger partial charge in [0.15, 0.2) is 0 Å². The Hall–Kier alpha value is -0.890. The average molecular weight is 195 g/mol. The molecule has 2 fully saturated rings. The second-order valence-corrected chi connectivity index (χ2v) is 3.62. The number of rotatable bonds is 1. The molecule has 0 spiro atoms. The second kappa shape index (κ2) is 5.76. The first-order valence-electron chi connectivity index (χ1n) is 5.15. The van der Waals surface area contributed by atoms with Crippen LogP contribution in [-0.4, -0.2) is 13.1 Å². The topological polar surface area (TPSA) is 12.0 Å². The minimum absolute atomic E-state index is 0.213. The Labute approximate surface area is 85.4 Å². The molecule has 1 aliphatic heterocycles. The third kappa shape index (κ3) is 3.88. The molecule has 0 radical (unpaired) electrons. The van der Waals surface area contributed by atoms with E-state index < -0.39 is 0 Å². The summed E-state index contributed by atoms with van der Waals surface area (Å²) < 4.78 is 12.3. The lowest BCUT2D eigenvalue weighted by molar-refractivity contribution is 0.520. The van der Waals surface area contributed by atoms with Gasteiger partial charge >= 0.3 is 0 Å². The Morgan fingerprint density at radius 1 is 1.29 bits per heavy atom. The zero-order valence-corrected chi connectivity index (χ0v) is 8.61. The van der Waals surface area contributed by atoms with Gasteiger partial charge in [-0.05, 0) is 43.2 Å². The van der Waals surface area contributed by atoms with Gasteiger partial charge in [-0.25, -0.2) is 4.39 Å².